The van der Waals surface area contributed by atoms with Crippen LogP contribution in [0.15, 0.2) is 23.1 Å². The molecule has 0 unspecified atom stereocenters. The van der Waals surface area contributed by atoms with Crippen molar-refractivity contribution >= 4 is 21.6 Å². The second kappa shape index (κ2) is 4.08. The van der Waals surface area contributed by atoms with Crippen LogP contribution in [0.3, 0.4) is 0 Å². The van der Waals surface area contributed by atoms with Gasteiger partial charge in [0.15, 0.2) is 0 Å². The fourth-order valence-electron chi connectivity index (χ4n) is 1.36. The minimum atomic E-state index is -3.90. The van der Waals surface area contributed by atoms with E-state index in [4.69, 9.17) is 5.14 Å². The Kier molecular flexibility index (Phi) is 2.88. The van der Waals surface area contributed by atoms with E-state index in [1.54, 1.807) is 0 Å². The molecule has 1 aromatic rings. The average Bonchev–Trinajstić information content (AvgIpc) is 3.02. The third-order valence-electron chi connectivity index (χ3n) is 2.47. The summed E-state index contributed by atoms with van der Waals surface area (Å²) in [7, 11) is -3.90. The second-order valence-corrected chi connectivity index (χ2v) is 5.51. The lowest BCUT2D eigenvalue weighted by atomic mass is 10.3. The van der Waals surface area contributed by atoms with Gasteiger partial charge in [0.25, 0.3) is 0 Å². The fourth-order valence-corrected chi connectivity index (χ4v) is 1.90. The summed E-state index contributed by atoms with van der Waals surface area (Å²) in [4.78, 5) is 11.2. The van der Waals surface area contributed by atoms with Crippen LogP contribution in [0.5, 0.6) is 0 Å². The van der Waals surface area contributed by atoms with Crippen molar-refractivity contribution in [1.29, 1.82) is 0 Å². The highest BCUT2D eigenvalue weighted by atomic mass is 32.2. The number of nitrogens with two attached hydrogens (primary N) is 1. The summed E-state index contributed by atoms with van der Waals surface area (Å²) in [6.07, 6.45) is 1.56. The predicted molar refractivity (Wildman–Crippen MR) is 59.1 cm³/mol. The number of nitrogens with one attached hydrogen (secondary N) is 1. The van der Waals surface area contributed by atoms with E-state index in [2.05, 4.69) is 5.32 Å². The van der Waals surface area contributed by atoms with Gasteiger partial charge in [0.1, 0.15) is 5.82 Å². The van der Waals surface area contributed by atoms with Gasteiger partial charge < -0.3 is 5.32 Å². The van der Waals surface area contributed by atoms with Crippen molar-refractivity contribution in [2.45, 2.75) is 17.7 Å². The molecule has 0 atom stereocenters. The summed E-state index contributed by atoms with van der Waals surface area (Å²) in [5, 5.41) is 7.27. The summed E-state index contributed by atoms with van der Waals surface area (Å²) < 4.78 is 35.5. The van der Waals surface area contributed by atoms with Gasteiger partial charge in [-0.2, -0.15) is 0 Å². The molecule has 0 bridgehead atoms. The van der Waals surface area contributed by atoms with E-state index in [-0.39, 0.29) is 22.4 Å². The lowest BCUT2D eigenvalue weighted by molar-refractivity contribution is -0.117. The maximum Gasteiger partial charge on any atom is 0.238 e. The molecule has 0 saturated heterocycles. The summed E-state index contributed by atoms with van der Waals surface area (Å²) in [6, 6.07) is 3.03. The van der Waals surface area contributed by atoms with Gasteiger partial charge in [0.2, 0.25) is 15.9 Å². The number of carbonyl (C=O) groups is 1. The van der Waals surface area contributed by atoms with Gasteiger partial charge in [-0.3, -0.25) is 4.79 Å². The molecule has 0 spiro atoms. The monoisotopic (exact) mass is 258 g/mol. The molecule has 1 saturated carbocycles. The number of carbonyl (C=O) groups excluding carboxylic acids is 1. The Morgan fingerprint density at radius 3 is 2.59 bits per heavy atom. The largest absolute Gasteiger partial charge is 0.323 e. The summed E-state index contributed by atoms with van der Waals surface area (Å²) >= 11 is 0. The number of halogens is 1. The molecule has 7 heteroatoms. The van der Waals surface area contributed by atoms with Crippen LogP contribution in [0.4, 0.5) is 10.1 Å². The zero-order chi connectivity index (χ0) is 12.6. The lowest BCUT2D eigenvalue weighted by Gasteiger charge is -2.07. The first kappa shape index (κ1) is 12.0. The quantitative estimate of drug-likeness (QED) is 0.841. The van der Waals surface area contributed by atoms with Crippen LogP contribution in [0.25, 0.3) is 0 Å². The third kappa shape index (κ3) is 2.80. The van der Waals surface area contributed by atoms with Gasteiger partial charge in [-0.1, -0.05) is 0 Å². The predicted octanol–water partition coefficient (Wildman–Crippen LogP) is 0.822. The van der Waals surface area contributed by atoms with E-state index in [1.807, 2.05) is 0 Å². The maximum absolute atomic E-state index is 13.4. The maximum atomic E-state index is 13.4. The molecule has 3 N–H and O–H groups in total. The highest BCUT2D eigenvalue weighted by Crippen LogP contribution is 2.30. The molecule has 0 aliphatic heterocycles. The van der Waals surface area contributed by atoms with E-state index in [1.165, 1.54) is 0 Å². The fraction of sp³-hybridized carbons (Fsp3) is 0.300. The Bertz CT molecular complexity index is 567. The topological polar surface area (TPSA) is 89.3 Å². The van der Waals surface area contributed by atoms with Crippen LogP contribution in [0.2, 0.25) is 0 Å². The molecule has 92 valence electrons. The summed E-state index contributed by atoms with van der Waals surface area (Å²) in [6.45, 7) is 0. The summed E-state index contributed by atoms with van der Waals surface area (Å²) in [5.41, 5.74) is -0.159. The smallest absolute Gasteiger partial charge is 0.238 e. The molecule has 17 heavy (non-hydrogen) atoms. The first-order chi connectivity index (χ1) is 7.88. The van der Waals surface area contributed by atoms with Crippen LogP contribution < -0.4 is 10.5 Å². The molecule has 1 aromatic carbocycles. The van der Waals surface area contributed by atoms with Crippen molar-refractivity contribution in [1.82, 2.24) is 0 Å². The number of hydrogen-bond donors (Lipinski definition) is 2. The highest BCUT2D eigenvalue weighted by Gasteiger charge is 2.30. The number of hydrogen-bond acceptors (Lipinski definition) is 3. The SMILES string of the molecule is NS(=O)(=O)c1ccc(F)c(NC(=O)C2CC2)c1. The van der Waals surface area contributed by atoms with E-state index >= 15 is 0 Å². The minimum absolute atomic E-state index is 0.0902. The van der Waals surface area contributed by atoms with Crippen LogP contribution in [0.1, 0.15) is 12.8 Å². The zero-order valence-corrected chi connectivity index (χ0v) is 9.63. The first-order valence-electron chi connectivity index (χ1n) is 5.01. The Labute approximate surface area is 97.9 Å². The van der Waals surface area contributed by atoms with E-state index in [9.17, 15) is 17.6 Å². The molecule has 1 aliphatic carbocycles. The Morgan fingerprint density at radius 2 is 2.06 bits per heavy atom. The van der Waals surface area contributed by atoms with Gasteiger partial charge in [-0.15, -0.1) is 0 Å². The standard InChI is InChI=1S/C10H11FN2O3S/c11-8-4-3-7(17(12,15)16)5-9(8)13-10(14)6-1-2-6/h3-6H,1-2H2,(H,13,14)(H2,12,15,16). The van der Waals surface area contributed by atoms with Gasteiger partial charge >= 0.3 is 0 Å². The first-order valence-corrected chi connectivity index (χ1v) is 6.56. The number of benzene rings is 1. The summed E-state index contributed by atoms with van der Waals surface area (Å²) in [5.74, 6) is -1.07. The molecule has 0 heterocycles. The van der Waals surface area contributed by atoms with Crippen molar-refractivity contribution in [2.75, 3.05) is 5.32 Å². The molecule has 1 amide bonds. The van der Waals surface area contributed by atoms with Crippen LogP contribution in [-0.2, 0) is 14.8 Å². The van der Waals surface area contributed by atoms with Crippen molar-refractivity contribution < 1.29 is 17.6 Å². The normalized spacial score (nSPS) is 15.6. The molecule has 0 aromatic heterocycles. The van der Waals surface area contributed by atoms with E-state index in [0.29, 0.717) is 0 Å². The number of rotatable bonds is 3. The van der Waals surface area contributed by atoms with Crippen molar-refractivity contribution in [3.63, 3.8) is 0 Å². The second-order valence-electron chi connectivity index (χ2n) is 3.95. The highest BCUT2D eigenvalue weighted by molar-refractivity contribution is 7.89. The molecule has 2 rings (SSSR count). The number of anilines is 1. The molecule has 5 nitrogen and oxygen atoms in total. The van der Waals surface area contributed by atoms with Crippen LogP contribution >= 0.6 is 0 Å². The molecule has 1 aliphatic rings. The van der Waals surface area contributed by atoms with Gasteiger partial charge in [-0.25, -0.2) is 17.9 Å². The Hall–Kier alpha value is -1.47. The van der Waals surface area contributed by atoms with Gasteiger partial charge in [-0.05, 0) is 31.0 Å². The molecule has 0 radical (unpaired) electrons. The molecule has 1 fully saturated rings. The number of primary sulfonamides is 1. The Balaban J connectivity index is 2.29. The van der Waals surface area contributed by atoms with E-state index < -0.39 is 15.8 Å². The number of amides is 1. The Morgan fingerprint density at radius 1 is 1.41 bits per heavy atom. The molecular weight excluding hydrogens is 247 g/mol. The average molecular weight is 258 g/mol. The van der Waals surface area contributed by atoms with Crippen LogP contribution in [-0.4, -0.2) is 14.3 Å². The van der Waals surface area contributed by atoms with Crippen LogP contribution in [0, 0.1) is 11.7 Å². The third-order valence-corrected chi connectivity index (χ3v) is 3.38. The lowest BCUT2D eigenvalue weighted by Crippen LogP contribution is -2.16. The van der Waals surface area contributed by atoms with Gasteiger partial charge in [0, 0.05) is 5.92 Å². The zero-order valence-electron chi connectivity index (χ0n) is 8.81. The molecular formula is C10H11FN2O3S. The minimum Gasteiger partial charge on any atom is -0.323 e. The van der Waals surface area contributed by atoms with Gasteiger partial charge in [0.05, 0.1) is 10.6 Å². The van der Waals surface area contributed by atoms with Crippen molar-refractivity contribution in [2.24, 2.45) is 11.1 Å². The number of sulfonamides is 1. The van der Waals surface area contributed by atoms with Crippen molar-refractivity contribution in [3.05, 3.63) is 24.0 Å². The van der Waals surface area contributed by atoms with Crippen molar-refractivity contribution in [3.8, 4) is 0 Å². The van der Waals surface area contributed by atoms with E-state index in [0.717, 1.165) is 31.0 Å².